The van der Waals surface area contributed by atoms with Crippen LogP contribution >= 0.6 is 0 Å². The minimum Gasteiger partial charge on any atom is -0.507 e. The largest absolute Gasteiger partial charge is 0.507 e. The third-order valence-electron chi connectivity index (χ3n) is 3.57. The van der Waals surface area contributed by atoms with E-state index in [1.54, 1.807) is 12.1 Å². The van der Waals surface area contributed by atoms with Crippen molar-refractivity contribution in [3.63, 3.8) is 0 Å². The summed E-state index contributed by atoms with van der Waals surface area (Å²) in [5.74, 6) is -1.89. The first kappa shape index (κ1) is 16.5. The number of rotatable bonds is 6. The van der Waals surface area contributed by atoms with Crippen molar-refractivity contribution in [2.75, 3.05) is 0 Å². The van der Waals surface area contributed by atoms with Gasteiger partial charge in [0.2, 0.25) is 0 Å². The molecule has 120 valence electrons. The quantitative estimate of drug-likeness (QED) is 0.764. The number of phenols is 1. The second-order valence-corrected chi connectivity index (χ2v) is 5.37. The first-order valence-electron chi connectivity index (χ1n) is 7.37. The highest BCUT2D eigenvalue weighted by Gasteiger charge is 2.18. The number of carboxylic acids is 1. The van der Waals surface area contributed by atoms with Gasteiger partial charge in [-0.05, 0) is 43.0 Å². The Kier molecular flexibility index (Phi) is 5.36. The standard InChI is InChI=1S/C18H19NO4/c1-12(18(22)23)19-17(21)15-11-14(9-10-16(15)20)8-7-13-5-3-2-4-6-13/h2-6,9-12,20H,7-8H2,1H3,(H,19,21)(H,22,23). The highest BCUT2D eigenvalue weighted by atomic mass is 16.4. The molecule has 0 radical (unpaired) electrons. The number of aryl methyl sites for hydroxylation is 2. The van der Waals surface area contributed by atoms with Crippen LogP contribution in [-0.2, 0) is 17.6 Å². The second-order valence-electron chi connectivity index (χ2n) is 5.37. The molecule has 0 aliphatic carbocycles. The molecule has 0 saturated carbocycles. The molecule has 1 atom stereocenters. The fourth-order valence-electron chi connectivity index (χ4n) is 2.19. The number of hydrogen-bond acceptors (Lipinski definition) is 3. The lowest BCUT2D eigenvalue weighted by atomic mass is 10.0. The minimum absolute atomic E-state index is 0.0867. The summed E-state index contributed by atoms with van der Waals surface area (Å²) in [6.07, 6.45) is 1.54. The number of benzene rings is 2. The summed E-state index contributed by atoms with van der Waals surface area (Å²) in [7, 11) is 0. The Labute approximate surface area is 134 Å². The molecule has 2 rings (SSSR count). The van der Waals surface area contributed by atoms with Crippen LogP contribution < -0.4 is 5.32 Å². The van der Waals surface area contributed by atoms with Crippen molar-refractivity contribution in [3.8, 4) is 5.75 Å². The predicted octanol–water partition coefficient (Wildman–Crippen LogP) is 2.38. The van der Waals surface area contributed by atoms with Gasteiger partial charge in [0, 0.05) is 0 Å². The number of amides is 1. The smallest absolute Gasteiger partial charge is 0.325 e. The van der Waals surface area contributed by atoms with Crippen LogP contribution in [0.4, 0.5) is 0 Å². The first-order valence-corrected chi connectivity index (χ1v) is 7.37. The average Bonchev–Trinajstić information content (AvgIpc) is 2.54. The molecule has 5 heteroatoms. The number of aliphatic carboxylic acids is 1. The van der Waals surface area contributed by atoms with Gasteiger partial charge in [0.15, 0.2) is 0 Å². The van der Waals surface area contributed by atoms with Crippen molar-refractivity contribution >= 4 is 11.9 Å². The van der Waals surface area contributed by atoms with E-state index in [-0.39, 0.29) is 11.3 Å². The number of aromatic hydroxyl groups is 1. The summed E-state index contributed by atoms with van der Waals surface area (Å²) in [6, 6.07) is 13.8. The van der Waals surface area contributed by atoms with Crippen molar-refractivity contribution < 1.29 is 19.8 Å². The Morgan fingerprint density at radius 2 is 1.70 bits per heavy atom. The van der Waals surface area contributed by atoms with Crippen molar-refractivity contribution in [2.24, 2.45) is 0 Å². The number of nitrogens with one attached hydrogen (secondary N) is 1. The Hall–Kier alpha value is -2.82. The fourth-order valence-corrected chi connectivity index (χ4v) is 2.19. The van der Waals surface area contributed by atoms with Crippen LogP contribution in [-0.4, -0.2) is 28.1 Å². The number of hydrogen-bond donors (Lipinski definition) is 3. The SMILES string of the molecule is CC(NC(=O)c1cc(CCc2ccccc2)ccc1O)C(=O)O. The molecule has 3 N–H and O–H groups in total. The van der Waals surface area contributed by atoms with E-state index in [0.717, 1.165) is 18.4 Å². The number of carboxylic acid groups (broad SMARTS) is 1. The summed E-state index contributed by atoms with van der Waals surface area (Å²) < 4.78 is 0. The van der Waals surface area contributed by atoms with Crippen LogP contribution in [0.2, 0.25) is 0 Å². The van der Waals surface area contributed by atoms with Crippen LogP contribution in [0, 0.1) is 0 Å². The Morgan fingerprint density at radius 3 is 2.35 bits per heavy atom. The van der Waals surface area contributed by atoms with Gasteiger partial charge in [-0.1, -0.05) is 36.4 Å². The molecular formula is C18H19NO4. The molecule has 2 aromatic rings. The lowest BCUT2D eigenvalue weighted by Gasteiger charge is -2.11. The van der Waals surface area contributed by atoms with E-state index in [9.17, 15) is 14.7 Å². The third kappa shape index (κ3) is 4.57. The van der Waals surface area contributed by atoms with Gasteiger partial charge in [-0.15, -0.1) is 0 Å². The van der Waals surface area contributed by atoms with Crippen molar-refractivity contribution in [1.29, 1.82) is 0 Å². The average molecular weight is 313 g/mol. The summed E-state index contributed by atoms with van der Waals surface area (Å²) in [5.41, 5.74) is 2.18. The molecule has 0 bridgehead atoms. The molecule has 0 fully saturated rings. The second kappa shape index (κ2) is 7.45. The molecule has 0 aromatic heterocycles. The topological polar surface area (TPSA) is 86.6 Å². The van der Waals surface area contributed by atoms with E-state index in [0.29, 0.717) is 0 Å². The maximum atomic E-state index is 12.1. The molecule has 0 aliphatic heterocycles. The maximum absolute atomic E-state index is 12.1. The van der Waals surface area contributed by atoms with Gasteiger partial charge in [0.05, 0.1) is 5.56 Å². The van der Waals surface area contributed by atoms with Gasteiger partial charge >= 0.3 is 5.97 Å². The fraction of sp³-hybridized carbons (Fsp3) is 0.222. The van der Waals surface area contributed by atoms with Crippen LogP contribution in [0.5, 0.6) is 5.75 Å². The molecule has 5 nitrogen and oxygen atoms in total. The van der Waals surface area contributed by atoms with E-state index in [1.807, 2.05) is 30.3 Å². The molecule has 2 aromatic carbocycles. The normalized spacial score (nSPS) is 11.7. The maximum Gasteiger partial charge on any atom is 0.325 e. The van der Waals surface area contributed by atoms with Crippen LogP contribution in [0.3, 0.4) is 0 Å². The summed E-state index contributed by atoms with van der Waals surface area (Å²) in [6.45, 7) is 1.37. The van der Waals surface area contributed by atoms with E-state index < -0.39 is 17.9 Å². The van der Waals surface area contributed by atoms with Gasteiger partial charge in [0.1, 0.15) is 11.8 Å². The monoisotopic (exact) mass is 313 g/mol. The molecule has 23 heavy (non-hydrogen) atoms. The molecule has 0 spiro atoms. The number of carbonyl (C=O) groups is 2. The Balaban J connectivity index is 2.09. The minimum atomic E-state index is -1.13. The zero-order chi connectivity index (χ0) is 16.8. The highest BCUT2D eigenvalue weighted by Crippen LogP contribution is 2.20. The number of phenolic OH excluding ortho intramolecular Hbond substituents is 1. The Bertz CT molecular complexity index is 697. The van der Waals surface area contributed by atoms with E-state index >= 15 is 0 Å². The van der Waals surface area contributed by atoms with E-state index in [2.05, 4.69) is 5.32 Å². The predicted molar refractivity (Wildman–Crippen MR) is 86.5 cm³/mol. The lowest BCUT2D eigenvalue weighted by Crippen LogP contribution is -2.38. The van der Waals surface area contributed by atoms with Crippen LogP contribution in [0.25, 0.3) is 0 Å². The molecule has 0 heterocycles. The van der Waals surface area contributed by atoms with Gasteiger partial charge in [-0.25, -0.2) is 0 Å². The summed E-state index contributed by atoms with van der Waals surface area (Å²) in [4.78, 5) is 22.9. The van der Waals surface area contributed by atoms with Crippen molar-refractivity contribution in [3.05, 3.63) is 65.2 Å². The Morgan fingerprint density at radius 1 is 1.04 bits per heavy atom. The molecule has 1 unspecified atom stereocenters. The summed E-state index contributed by atoms with van der Waals surface area (Å²) >= 11 is 0. The van der Waals surface area contributed by atoms with Gasteiger partial charge < -0.3 is 15.5 Å². The van der Waals surface area contributed by atoms with Crippen molar-refractivity contribution in [1.82, 2.24) is 5.32 Å². The van der Waals surface area contributed by atoms with Crippen LogP contribution in [0.1, 0.15) is 28.4 Å². The van der Waals surface area contributed by atoms with Gasteiger partial charge in [-0.3, -0.25) is 9.59 Å². The van der Waals surface area contributed by atoms with Crippen LogP contribution in [0.15, 0.2) is 48.5 Å². The number of carbonyl (C=O) groups excluding carboxylic acids is 1. The van der Waals surface area contributed by atoms with Gasteiger partial charge in [0.25, 0.3) is 5.91 Å². The first-order chi connectivity index (χ1) is 11.0. The molecule has 1 amide bonds. The third-order valence-corrected chi connectivity index (χ3v) is 3.57. The lowest BCUT2D eigenvalue weighted by molar-refractivity contribution is -0.138. The van der Waals surface area contributed by atoms with Gasteiger partial charge in [-0.2, -0.15) is 0 Å². The summed E-state index contributed by atoms with van der Waals surface area (Å²) in [5, 5.41) is 21.0. The zero-order valence-corrected chi connectivity index (χ0v) is 12.8. The molecule has 0 aliphatic rings. The zero-order valence-electron chi connectivity index (χ0n) is 12.8. The van der Waals surface area contributed by atoms with E-state index in [4.69, 9.17) is 5.11 Å². The highest BCUT2D eigenvalue weighted by molar-refractivity contribution is 5.98. The molecule has 0 saturated heterocycles. The molecular weight excluding hydrogens is 294 g/mol. The van der Waals surface area contributed by atoms with Crippen molar-refractivity contribution in [2.45, 2.75) is 25.8 Å². The van der Waals surface area contributed by atoms with E-state index in [1.165, 1.54) is 18.6 Å².